The Balaban J connectivity index is 2.24. The van der Waals surface area contributed by atoms with Crippen molar-refractivity contribution in [2.24, 2.45) is 0 Å². The number of carbonyl (C=O) groups excluding carboxylic acids is 1. The van der Waals surface area contributed by atoms with Gasteiger partial charge in [-0.1, -0.05) is 37.3 Å². The summed E-state index contributed by atoms with van der Waals surface area (Å²) in [7, 11) is -3.60. The largest absolute Gasteiger partial charge is 0.382 e. The Morgan fingerprint density at radius 2 is 1.72 bits per heavy atom. The fourth-order valence-corrected chi connectivity index (χ4v) is 3.45. The van der Waals surface area contributed by atoms with Crippen LogP contribution >= 0.6 is 0 Å². The molecule has 29 heavy (non-hydrogen) atoms. The van der Waals surface area contributed by atoms with Crippen LogP contribution in [0, 0.1) is 13.8 Å². The van der Waals surface area contributed by atoms with E-state index in [0.29, 0.717) is 6.54 Å². The van der Waals surface area contributed by atoms with Crippen LogP contribution in [0.1, 0.15) is 43.9 Å². The van der Waals surface area contributed by atoms with E-state index in [1.807, 2.05) is 52.0 Å². The van der Waals surface area contributed by atoms with Crippen molar-refractivity contribution in [2.45, 2.75) is 53.6 Å². The molecule has 0 bridgehead atoms. The molecular formula is C22H30N2O4S. The van der Waals surface area contributed by atoms with Crippen molar-refractivity contribution in [3.05, 3.63) is 59.2 Å². The molecule has 0 spiro atoms. The van der Waals surface area contributed by atoms with Crippen LogP contribution < -0.4 is 9.50 Å². The third kappa shape index (κ3) is 6.22. The monoisotopic (exact) mass is 418 g/mol. The third-order valence-electron chi connectivity index (χ3n) is 4.92. The molecule has 2 rings (SSSR count). The molecule has 6 nitrogen and oxygen atoms in total. The minimum absolute atomic E-state index is 0.00303. The molecule has 1 N–H and O–H groups in total. The number of nitrogens with one attached hydrogen (secondary N) is 1. The normalized spacial score (nSPS) is 12.3. The van der Waals surface area contributed by atoms with Gasteiger partial charge in [-0.2, -0.15) is 8.42 Å². The van der Waals surface area contributed by atoms with Gasteiger partial charge in [0.25, 0.3) is 0 Å². The number of benzene rings is 2. The number of urea groups is 1. The number of anilines is 1. The molecule has 0 unspecified atom stereocenters. The maximum atomic E-state index is 13.1. The number of para-hydroxylation sites is 1. The Morgan fingerprint density at radius 3 is 2.31 bits per heavy atom. The Hall–Kier alpha value is -2.54. The Morgan fingerprint density at radius 1 is 1.10 bits per heavy atom. The van der Waals surface area contributed by atoms with E-state index in [-0.39, 0.29) is 23.6 Å². The van der Waals surface area contributed by atoms with Crippen LogP contribution in [0.2, 0.25) is 0 Å². The first-order chi connectivity index (χ1) is 13.7. The average molecular weight is 419 g/mol. The quantitative estimate of drug-likeness (QED) is 0.621. The zero-order valence-corrected chi connectivity index (χ0v) is 18.5. The molecule has 0 radical (unpaired) electrons. The van der Waals surface area contributed by atoms with Crippen LogP contribution in [0.25, 0.3) is 0 Å². The van der Waals surface area contributed by atoms with E-state index in [0.717, 1.165) is 28.8 Å². The van der Waals surface area contributed by atoms with Crippen LogP contribution in [0.15, 0.2) is 42.5 Å². The minimum atomic E-state index is -3.60. The molecule has 0 aliphatic rings. The Kier molecular flexibility index (Phi) is 7.67. The van der Waals surface area contributed by atoms with Gasteiger partial charge in [0.1, 0.15) is 5.75 Å². The number of nitrogens with zero attached hydrogens (tertiary/aromatic N) is 1. The van der Waals surface area contributed by atoms with Crippen molar-refractivity contribution in [1.82, 2.24) is 4.90 Å². The lowest BCUT2D eigenvalue weighted by atomic mass is 10.1. The van der Waals surface area contributed by atoms with Crippen LogP contribution in [0.5, 0.6) is 5.75 Å². The molecule has 0 aliphatic carbocycles. The van der Waals surface area contributed by atoms with E-state index in [1.165, 1.54) is 6.92 Å². The van der Waals surface area contributed by atoms with Crippen LogP contribution in [0.4, 0.5) is 10.5 Å². The van der Waals surface area contributed by atoms with Crippen LogP contribution in [-0.2, 0) is 16.7 Å². The molecule has 2 aromatic carbocycles. The van der Waals surface area contributed by atoms with Gasteiger partial charge in [0.2, 0.25) is 0 Å². The average Bonchev–Trinajstić information content (AvgIpc) is 2.68. The molecule has 1 atom stereocenters. The maximum absolute atomic E-state index is 13.1. The predicted octanol–water partition coefficient (Wildman–Crippen LogP) is 4.86. The molecule has 7 heteroatoms. The summed E-state index contributed by atoms with van der Waals surface area (Å²) in [4.78, 5) is 14.8. The highest BCUT2D eigenvalue weighted by atomic mass is 32.2. The molecule has 2 amide bonds. The van der Waals surface area contributed by atoms with Gasteiger partial charge in [-0.3, -0.25) is 0 Å². The third-order valence-corrected chi connectivity index (χ3v) is 6.08. The fraction of sp³-hybridized carbons (Fsp3) is 0.409. The molecular weight excluding hydrogens is 388 g/mol. The molecule has 0 saturated heterocycles. The maximum Gasteiger partial charge on any atom is 0.322 e. The lowest BCUT2D eigenvalue weighted by Gasteiger charge is -2.29. The molecule has 0 aliphatic heterocycles. The summed E-state index contributed by atoms with van der Waals surface area (Å²) >= 11 is 0. The first-order valence-corrected chi connectivity index (χ1v) is 11.4. The molecule has 0 aromatic heterocycles. The van der Waals surface area contributed by atoms with E-state index in [1.54, 1.807) is 23.1 Å². The van der Waals surface area contributed by atoms with Crippen LogP contribution in [-0.4, -0.2) is 31.1 Å². The van der Waals surface area contributed by atoms with E-state index in [9.17, 15) is 13.2 Å². The smallest absolute Gasteiger partial charge is 0.322 e. The topological polar surface area (TPSA) is 75.7 Å². The molecule has 158 valence electrons. The number of hydrogen-bond acceptors (Lipinski definition) is 4. The van der Waals surface area contributed by atoms with Gasteiger partial charge in [-0.25, -0.2) is 4.79 Å². The lowest BCUT2D eigenvalue weighted by Crippen LogP contribution is -2.40. The molecule has 0 saturated carbocycles. The molecule has 0 fully saturated rings. The van der Waals surface area contributed by atoms with E-state index >= 15 is 0 Å². The van der Waals surface area contributed by atoms with Crippen molar-refractivity contribution >= 4 is 21.8 Å². The second kappa shape index (κ2) is 9.78. The van der Waals surface area contributed by atoms with Gasteiger partial charge in [0.15, 0.2) is 0 Å². The van der Waals surface area contributed by atoms with E-state index in [4.69, 9.17) is 4.18 Å². The summed E-state index contributed by atoms with van der Waals surface area (Å²) in [6.45, 7) is 9.82. The summed E-state index contributed by atoms with van der Waals surface area (Å²) in [5, 5.41) is 3.04. The fourth-order valence-electron chi connectivity index (χ4n) is 2.94. The Labute approximate surface area is 174 Å². The van der Waals surface area contributed by atoms with Gasteiger partial charge >= 0.3 is 16.1 Å². The van der Waals surface area contributed by atoms with Crippen molar-refractivity contribution < 1.29 is 17.4 Å². The summed E-state index contributed by atoms with van der Waals surface area (Å²) < 4.78 is 28.6. The van der Waals surface area contributed by atoms with Crippen molar-refractivity contribution in [3.63, 3.8) is 0 Å². The summed E-state index contributed by atoms with van der Waals surface area (Å²) in [5.41, 5.74) is 3.62. The number of carbonyl (C=O) groups is 1. The van der Waals surface area contributed by atoms with Crippen LogP contribution in [0.3, 0.4) is 0 Å². The second-order valence-corrected chi connectivity index (χ2v) is 9.02. The molecule has 2 aromatic rings. The number of hydrogen-bond donors (Lipinski definition) is 1. The number of amides is 2. The first-order valence-electron chi connectivity index (χ1n) is 9.81. The van der Waals surface area contributed by atoms with Crippen molar-refractivity contribution in [3.8, 4) is 5.75 Å². The van der Waals surface area contributed by atoms with Gasteiger partial charge in [-0.15, -0.1) is 0 Å². The van der Waals surface area contributed by atoms with Gasteiger partial charge in [0, 0.05) is 18.3 Å². The highest BCUT2D eigenvalue weighted by Gasteiger charge is 2.21. The number of aryl methyl sites for hydroxylation is 2. The zero-order chi connectivity index (χ0) is 21.6. The highest BCUT2D eigenvalue weighted by Crippen LogP contribution is 2.22. The van der Waals surface area contributed by atoms with E-state index < -0.39 is 10.1 Å². The first kappa shape index (κ1) is 22.7. The number of rotatable bonds is 8. The van der Waals surface area contributed by atoms with Gasteiger partial charge in [-0.05, 0) is 62.9 Å². The van der Waals surface area contributed by atoms with Gasteiger partial charge < -0.3 is 14.4 Å². The van der Waals surface area contributed by atoms with Crippen molar-refractivity contribution in [2.75, 3.05) is 11.1 Å². The standard InChI is InChI=1S/C22H30N2O4S/c1-6-18(5)24(22(25)23-21-16(3)10-8-11-17(21)4)15-19-12-9-13-20(14-19)28-29(26,27)7-2/h8-14,18H,6-7,15H2,1-5H3,(H,23,25)/t18-/m0/s1. The van der Waals surface area contributed by atoms with E-state index in [2.05, 4.69) is 5.32 Å². The predicted molar refractivity (Wildman–Crippen MR) is 117 cm³/mol. The summed E-state index contributed by atoms with van der Waals surface area (Å²) in [6.07, 6.45) is 0.792. The van der Waals surface area contributed by atoms with Crippen molar-refractivity contribution in [1.29, 1.82) is 0 Å². The second-order valence-electron chi connectivity index (χ2n) is 7.16. The summed E-state index contributed by atoms with van der Waals surface area (Å²) in [5.74, 6) is 0.151. The van der Waals surface area contributed by atoms with Gasteiger partial charge in [0.05, 0.1) is 5.75 Å². The lowest BCUT2D eigenvalue weighted by molar-refractivity contribution is 0.187. The highest BCUT2D eigenvalue weighted by molar-refractivity contribution is 7.87. The zero-order valence-electron chi connectivity index (χ0n) is 17.7. The SMILES string of the molecule is CC[C@H](C)N(Cc1cccc(OS(=O)(=O)CC)c1)C(=O)Nc1c(C)cccc1C. The minimum Gasteiger partial charge on any atom is -0.382 e. The summed E-state index contributed by atoms with van der Waals surface area (Å²) in [6, 6.07) is 12.5. The Bertz CT molecular complexity index is 937. The molecule has 0 heterocycles.